The van der Waals surface area contributed by atoms with E-state index in [0.29, 0.717) is 17.8 Å². The minimum Gasteiger partial charge on any atom is -0.397 e. The first-order valence-corrected chi connectivity index (χ1v) is 6.50. The summed E-state index contributed by atoms with van der Waals surface area (Å²) in [5, 5.41) is 2.77. The Labute approximate surface area is 108 Å². The Hall–Kier alpha value is -1.71. The fraction of sp³-hybridized carbons (Fsp3) is 0.500. The Bertz CT molecular complexity index is 441. The van der Waals surface area contributed by atoms with Gasteiger partial charge in [-0.05, 0) is 43.9 Å². The molecular formula is C14H21N3O. The highest BCUT2D eigenvalue weighted by molar-refractivity contribution is 5.96. The van der Waals surface area contributed by atoms with E-state index in [9.17, 15) is 4.79 Å². The van der Waals surface area contributed by atoms with Crippen molar-refractivity contribution < 1.29 is 4.79 Å². The molecule has 3 N–H and O–H groups in total. The third kappa shape index (κ3) is 2.94. The number of nitrogens with zero attached hydrogens (tertiary/aromatic N) is 1. The number of nitrogens with two attached hydrogens (primary N) is 1. The molecule has 98 valence electrons. The molecule has 0 bridgehead atoms. The third-order valence-electron chi connectivity index (χ3n) is 3.27. The van der Waals surface area contributed by atoms with E-state index in [1.54, 1.807) is 6.07 Å². The molecular weight excluding hydrogens is 226 g/mol. The highest BCUT2D eigenvalue weighted by Gasteiger charge is 2.23. The Morgan fingerprint density at radius 3 is 2.78 bits per heavy atom. The maximum Gasteiger partial charge on any atom is 0.251 e. The van der Waals surface area contributed by atoms with Gasteiger partial charge in [-0.3, -0.25) is 4.79 Å². The van der Waals surface area contributed by atoms with Crippen LogP contribution >= 0.6 is 0 Å². The van der Waals surface area contributed by atoms with Gasteiger partial charge in [0.05, 0.1) is 11.4 Å². The Morgan fingerprint density at radius 1 is 1.50 bits per heavy atom. The first-order valence-electron chi connectivity index (χ1n) is 6.50. The predicted molar refractivity (Wildman–Crippen MR) is 74.9 cm³/mol. The molecule has 1 saturated carbocycles. The Balaban J connectivity index is 2.10. The molecule has 1 aromatic carbocycles. The minimum atomic E-state index is -0.0689. The lowest BCUT2D eigenvalue weighted by molar-refractivity contribution is 0.0956. The minimum absolute atomic E-state index is 0.0689. The SMILES string of the molecule is CCNC(=O)c1ccc(N(C)CC2CC2)c(N)c1. The number of hydrogen-bond acceptors (Lipinski definition) is 3. The standard InChI is InChI=1S/C14H21N3O/c1-3-16-14(18)11-6-7-13(12(15)8-11)17(2)9-10-4-5-10/h6-8,10H,3-5,9,15H2,1-2H3,(H,16,18). The molecule has 4 nitrogen and oxygen atoms in total. The summed E-state index contributed by atoms with van der Waals surface area (Å²) >= 11 is 0. The van der Waals surface area contributed by atoms with E-state index in [1.165, 1.54) is 12.8 Å². The molecule has 0 atom stereocenters. The highest BCUT2D eigenvalue weighted by Crippen LogP contribution is 2.32. The quantitative estimate of drug-likeness (QED) is 0.781. The molecule has 4 heteroatoms. The Kier molecular flexibility index (Phi) is 3.75. The number of amides is 1. The zero-order valence-corrected chi connectivity index (χ0v) is 11.1. The second kappa shape index (κ2) is 5.29. The molecule has 1 aliphatic carbocycles. The van der Waals surface area contributed by atoms with Crippen molar-refractivity contribution in [1.29, 1.82) is 0 Å². The predicted octanol–water partition coefficient (Wildman–Crippen LogP) is 1.86. The van der Waals surface area contributed by atoms with Crippen LogP contribution in [0.4, 0.5) is 11.4 Å². The number of nitrogens with one attached hydrogen (secondary N) is 1. The van der Waals surface area contributed by atoms with Gasteiger partial charge in [0.25, 0.3) is 5.91 Å². The first kappa shape index (κ1) is 12.7. The third-order valence-corrected chi connectivity index (χ3v) is 3.27. The van der Waals surface area contributed by atoms with E-state index < -0.39 is 0 Å². The lowest BCUT2D eigenvalue weighted by Crippen LogP contribution is -2.24. The number of nitrogen functional groups attached to an aromatic ring is 1. The lowest BCUT2D eigenvalue weighted by atomic mass is 10.1. The number of hydrogen-bond donors (Lipinski definition) is 2. The maximum atomic E-state index is 11.7. The van der Waals surface area contributed by atoms with Crippen molar-refractivity contribution in [2.24, 2.45) is 5.92 Å². The van der Waals surface area contributed by atoms with Crippen molar-refractivity contribution in [3.63, 3.8) is 0 Å². The molecule has 1 amide bonds. The monoisotopic (exact) mass is 247 g/mol. The van der Waals surface area contributed by atoms with Crippen molar-refractivity contribution in [3.8, 4) is 0 Å². The molecule has 0 radical (unpaired) electrons. The van der Waals surface area contributed by atoms with Crippen LogP contribution in [0.25, 0.3) is 0 Å². The molecule has 0 aliphatic heterocycles. The van der Waals surface area contributed by atoms with Crippen molar-refractivity contribution in [2.75, 3.05) is 30.8 Å². The van der Waals surface area contributed by atoms with Crippen LogP contribution in [0, 0.1) is 5.92 Å². The topological polar surface area (TPSA) is 58.4 Å². The van der Waals surface area contributed by atoms with E-state index in [1.807, 2.05) is 19.1 Å². The van der Waals surface area contributed by atoms with Crippen molar-refractivity contribution >= 4 is 17.3 Å². The van der Waals surface area contributed by atoms with Crippen LogP contribution in [-0.2, 0) is 0 Å². The maximum absolute atomic E-state index is 11.7. The van der Waals surface area contributed by atoms with Gasteiger partial charge in [0.15, 0.2) is 0 Å². The average molecular weight is 247 g/mol. The van der Waals surface area contributed by atoms with Crippen LogP contribution in [0.5, 0.6) is 0 Å². The molecule has 18 heavy (non-hydrogen) atoms. The number of rotatable bonds is 5. The van der Waals surface area contributed by atoms with Gasteiger partial charge >= 0.3 is 0 Å². The van der Waals surface area contributed by atoms with Gasteiger partial charge < -0.3 is 16.0 Å². The van der Waals surface area contributed by atoms with Gasteiger partial charge in [-0.1, -0.05) is 0 Å². The normalized spacial score (nSPS) is 14.3. The van der Waals surface area contributed by atoms with E-state index in [2.05, 4.69) is 17.3 Å². The molecule has 0 spiro atoms. The summed E-state index contributed by atoms with van der Waals surface area (Å²) < 4.78 is 0. The molecule has 1 fully saturated rings. The summed E-state index contributed by atoms with van der Waals surface area (Å²) in [4.78, 5) is 13.9. The van der Waals surface area contributed by atoms with Crippen molar-refractivity contribution in [2.45, 2.75) is 19.8 Å². The lowest BCUT2D eigenvalue weighted by Gasteiger charge is -2.21. The summed E-state index contributed by atoms with van der Waals surface area (Å²) in [5.41, 5.74) is 8.33. The molecule has 1 aromatic rings. The largest absolute Gasteiger partial charge is 0.397 e. The number of carbonyl (C=O) groups is 1. The van der Waals surface area contributed by atoms with Gasteiger partial charge in [0.2, 0.25) is 0 Å². The molecule has 2 rings (SSSR count). The second-order valence-corrected chi connectivity index (χ2v) is 4.96. The van der Waals surface area contributed by atoms with Gasteiger partial charge in [0, 0.05) is 25.7 Å². The van der Waals surface area contributed by atoms with Crippen LogP contribution in [0.2, 0.25) is 0 Å². The highest BCUT2D eigenvalue weighted by atomic mass is 16.1. The van der Waals surface area contributed by atoms with Crippen LogP contribution in [-0.4, -0.2) is 26.0 Å². The van der Waals surface area contributed by atoms with Gasteiger partial charge in [-0.15, -0.1) is 0 Å². The van der Waals surface area contributed by atoms with Crippen LogP contribution in [0.15, 0.2) is 18.2 Å². The summed E-state index contributed by atoms with van der Waals surface area (Å²) in [6.07, 6.45) is 2.64. The van der Waals surface area contributed by atoms with E-state index >= 15 is 0 Å². The van der Waals surface area contributed by atoms with E-state index in [-0.39, 0.29) is 5.91 Å². The van der Waals surface area contributed by atoms with Crippen LogP contribution in [0.1, 0.15) is 30.1 Å². The van der Waals surface area contributed by atoms with Gasteiger partial charge in [-0.2, -0.15) is 0 Å². The molecule has 1 aliphatic rings. The zero-order valence-electron chi connectivity index (χ0n) is 11.1. The van der Waals surface area contributed by atoms with Crippen molar-refractivity contribution in [1.82, 2.24) is 5.32 Å². The van der Waals surface area contributed by atoms with Crippen LogP contribution < -0.4 is 16.0 Å². The van der Waals surface area contributed by atoms with Gasteiger partial charge in [-0.25, -0.2) is 0 Å². The first-order chi connectivity index (χ1) is 8.61. The summed E-state index contributed by atoms with van der Waals surface area (Å²) in [5.74, 6) is 0.748. The number of carbonyl (C=O) groups excluding carboxylic acids is 1. The zero-order chi connectivity index (χ0) is 13.1. The van der Waals surface area contributed by atoms with Gasteiger partial charge in [0.1, 0.15) is 0 Å². The molecule has 0 unspecified atom stereocenters. The van der Waals surface area contributed by atoms with E-state index in [4.69, 9.17) is 5.73 Å². The summed E-state index contributed by atoms with van der Waals surface area (Å²) in [6.45, 7) is 3.58. The van der Waals surface area contributed by atoms with Crippen molar-refractivity contribution in [3.05, 3.63) is 23.8 Å². The summed E-state index contributed by atoms with van der Waals surface area (Å²) in [7, 11) is 2.05. The average Bonchev–Trinajstić information content (AvgIpc) is 3.12. The Morgan fingerprint density at radius 2 is 2.22 bits per heavy atom. The van der Waals surface area contributed by atoms with E-state index in [0.717, 1.165) is 18.2 Å². The molecule has 0 aromatic heterocycles. The fourth-order valence-electron chi connectivity index (χ4n) is 2.09. The number of anilines is 2. The molecule has 0 saturated heterocycles. The second-order valence-electron chi connectivity index (χ2n) is 4.96. The molecule has 0 heterocycles. The summed E-state index contributed by atoms with van der Waals surface area (Å²) in [6, 6.07) is 5.52. The smallest absolute Gasteiger partial charge is 0.251 e. The van der Waals surface area contributed by atoms with Crippen LogP contribution in [0.3, 0.4) is 0 Å². The fourth-order valence-corrected chi connectivity index (χ4v) is 2.09. The number of benzene rings is 1.